The summed E-state index contributed by atoms with van der Waals surface area (Å²) in [5.41, 5.74) is 0.676. The van der Waals surface area contributed by atoms with E-state index in [1.807, 2.05) is 6.07 Å². The largest absolute Gasteiger partial charge is 0.405 e. The van der Waals surface area contributed by atoms with Crippen LogP contribution in [0.25, 0.3) is 0 Å². The van der Waals surface area contributed by atoms with Crippen molar-refractivity contribution in [3.8, 4) is 0 Å². The maximum absolute atomic E-state index is 12.1. The smallest absolute Gasteiger partial charge is 0.351 e. The Balaban J connectivity index is 1.86. The molecule has 23 heavy (non-hydrogen) atoms. The summed E-state index contributed by atoms with van der Waals surface area (Å²) in [6.07, 6.45) is -4.32. The molecule has 0 aliphatic heterocycles. The van der Waals surface area contributed by atoms with Crippen molar-refractivity contribution >= 4 is 39.8 Å². The monoisotopic (exact) mass is 362 g/mol. The number of hydrogen-bond donors (Lipinski definition) is 2. The minimum atomic E-state index is -4.32. The Hall–Kier alpha value is -1.81. The average molecular weight is 362 g/mol. The van der Waals surface area contributed by atoms with Crippen molar-refractivity contribution in [2.24, 2.45) is 0 Å². The molecule has 0 aliphatic carbocycles. The van der Waals surface area contributed by atoms with E-state index in [0.29, 0.717) is 10.0 Å². The number of thioether (sulfide) groups is 1. The Labute approximate surface area is 138 Å². The first-order valence-corrected chi connectivity index (χ1v) is 8.20. The minimum Gasteiger partial charge on any atom is -0.351 e. The van der Waals surface area contributed by atoms with E-state index in [0.717, 1.165) is 23.1 Å². The average Bonchev–Trinajstić information content (AvgIpc) is 2.93. The number of rotatable bonds is 6. The van der Waals surface area contributed by atoms with Crippen LogP contribution in [0.2, 0.25) is 0 Å². The van der Waals surface area contributed by atoms with Crippen molar-refractivity contribution in [1.29, 1.82) is 0 Å². The number of para-hydroxylation sites is 1. The van der Waals surface area contributed by atoms with Crippen LogP contribution in [-0.4, -0.2) is 34.1 Å². The lowest BCUT2D eigenvalue weighted by molar-refractivity contribution is -0.116. The molecule has 1 atom stereocenters. The predicted molar refractivity (Wildman–Crippen MR) is 84.8 cm³/mol. The Morgan fingerprint density at radius 3 is 2.65 bits per heavy atom. The van der Waals surface area contributed by atoms with Gasteiger partial charge in [-0.15, -0.1) is 10.2 Å². The van der Waals surface area contributed by atoms with Crippen molar-refractivity contribution in [3.05, 3.63) is 30.3 Å². The molecule has 0 saturated heterocycles. The van der Waals surface area contributed by atoms with Crippen LogP contribution in [0.1, 0.15) is 6.92 Å². The molecule has 0 saturated carbocycles. The number of anilines is 2. The van der Waals surface area contributed by atoms with E-state index in [9.17, 15) is 18.0 Å². The molecule has 1 heterocycles. The molecule has 0 spiro atoms. The molecular weight excluding hydrogens is 349 g/mol. The van der Waals surface area contributed by atoms with Crippen LogP contribution >= 0.6 is 23.1 Å². The minimum absolute atomic E-state index is 0.0699. The highest BCUT2D eigenvalue weighted by Crippen LogP contribution is 2.30. The van der Waals surface area contributed by atoms with Crippen LogP contribution in [0.3, 0.4) is 0 Å². The van der Waals surface area contributed by atoms with E-state index in [1.54, 1.807) is 31.2 Å². The summed E-state index contributed by atoms with van der Waals surface area (Å²) in [5.74, 6) is -0.221. The standard InChI is InChI=1S/C13H13F3N4OS2/c1-8(10(21)18-9-5-3-2-4-6-9)22-12-20-19-11(23-12)17-7-13(14,15)16/h2-6,8H,7H2,1H3,(H,17,19)(H,18,21)/t8-/m1/s1. The van der Waals surface area contributed by atoms with E-state index in [-0.39, 0.29) is 11.0 Å². The van der Waals surface area contributed by atoms with E-state index >= 15 is 0 Å². The Morgan fingerprint density at radius 1 is 1.30 bits per heavy atom. The van der Waals surface area contributed by atoms with Gasteiger partial charge in [-0.25, -0.2) is 0 Å². The summed E-state index contributed by atoms with van der Waals surface area (Å²) in [6.45, 7) is 0.517. The first-order valence-electron chi connectivity index (χ1n) is 6.50. The number of halogens is 3. The summed E-state index contributed by atoms with van der Waals surface area (Å²) < 4.78 is 36.7. The zero-order chi connectivity index (χ0) is 16.9. The molecule has 1 aromatic carbocycles. The molecule has 0 radical (unpaired) electrons. The SMILES string of the molecule is C[C@@H](Sc1nnc(NCC(F)(F)F)s1)C(=O)Nc1ccccc1. The first-order chi connectivity index (χ1) is 10.8. The highest BCUT2D eigenvalue weighted by atomic mass is 32.2. The lowest BCUT2D eigenvalue weighted by Crippen LogP contribution is -2.22. The van der Waals surface area contributed by atoms with Crippen molar-refractivity contribution in [2.75, 3.05) is 17.2 Å². The van der Waals surface area contributed by atoms with Crippen molar-refractivity contribution in [2.45, 2.75) is 22.7 Å². The Bertz CT molecular complexity index is 648. The van der Waals surface area contributed by atoms with Gasteiger partial charge < -0.3 is 10.6 Å². The molecule has 10 heteroatoms. The van der Waals surface area contributed by atoms with Crippen LogP contribution in [0.15, 0.2) is 34.7 Å². The number of carbonyl (C=O) groups excluding carboxylic acids is 1. The van der Waals surface area contributed by atoms with E-state index in [4.69, 9.17) is 0 Å². The molecule has 2 N–H and O–H groups in total. The molecular formula is C13H13F3N4OS2. The number of hydrogen-bond acceptors (Lipinski definition) is 6. The van der Waals surface area contributed by atoms with Crippen molar-refractivity contribution < 1.29 is 18.0 Å². The molecule has 2 rings (SSSR count). The molecule has 1 aromatic heterocycles. The van der Waals surface area contributed by atoms with Gasteiger partial charge in [0.05, 0.1) is 5.25 Å². The normalized spacial score (nSPS) is 12.7. The molecule has 5 nitrogen and oxygen atoms in total. The van der Waals surface area contributed by atoms with Crippen LogP contribution in [0, 0.1) is 0 Å². The van der Waals surface area contributed by atoms with Gasteiger partial charge >= 0.3 is 6.18 Å². The maximum Gasteiger partial charge on any atom is 0.405 e. The number of nitrogens with one attached hydrogen (secondary N) is 2. The zero-order valence-electron chi connectivity index (χ0n) is 11.9. The lowest BCUT2D eigenvalue weighted by atomic mass is 10.3. The molecule has 0 fully saturated rings. The lowest BCUT2D eigenvalue weighted by Gasteiger charge is -2.09. The number of amides is 1. The van der Waals surface area contributed by atoms with E-state index in [2.05, 4.69) is 20.8 Å². The van der Waals surface area contributed by atoms with E-state index < -0.39 is 18.0 Å². The highest BCUT2D eigenvalue weighted by Gasteiger charge is 2.27. The van der Waals surface area contributed by atoms with Crippen LogP contribution in [0.4, 0.5) is 24.0 Å². The van der Waals surface area contributed by atoms with Crippen LogP contribution < -0.4 is 10.6 Å². The fraction of sp³-hybridized carbons (Fsp3) is 0.308. The topological polar surface area (TPSA) is 66.9 Å². The second-order valence-electron chi connectivity index (χ2n) is 4.46. The van der Waals surface area contributed by atoms with Crippen LogP contribution in [-0.2, 0) is 4.79 Å². The third-order valence-corrected chi connectivity index (χ3v) is 4.60. The van der Waals surface area contributed by atoms with Gasteiger partial charge in [0.15, 0.2) is 4.34 Å². The molecule has 0 bridgehead atoms. The van der Waals surface area contributed by atoms with Gasteiger partial charge in [0.1, 0.15) is 6.54 Å². The summed E-state index contributed by atoms with van der Waals surface area (Å²) in [4.78, 5) is 12.0. The third kappa shape index (κ3) is 6.06. The number of aromatic nitrogens is 2. The van der Waals surface area contributed by atoms with Gasteiger partial charge in [-0.05, 0) is 19.1 Å². The number of nitrogens with zero attached hydrogens (tertiary/aromatic N) is 2. The fourth-order valence-electron chi connectivity index (χ4n) is 1.47. The van der Waals surface area contributed by atoms with E-state index in [1.165, 1.54) is 0 Å². The van der Waals surface area contributed by atoms with Crippen molar-refractivity contribution in [3.63, 3.8) is 0 Å². The summed E-state index contributed by atoms with van der Waals surface area (Å²) in [5, 5.41) is 11.9. The Kier molecular flexibility index (Phi) is 5.83. The second-order valence-corrected chi connectivity index (χ2v) is 7.02. The molecule has 2 aromatic rings. The maximum atomic E-state index is 12.1. The quantitative estimate of drug-likeness (QED) is 0.768. The van der Waals surface area contributed by atoms with Crippen LogP contribution in [0.5, 0.6) is 0 Å². The number of alkyl halides is 3. The molecule has 0 unspecified atom stereocenters. The van der Waals surface area contributed by atoms with Gasteiger partial charge in [-0.2, -0.15) is 13.2 Å². The fourth-order valence-corrected chi connectivity index (χ4v) is 3.37. The van der Waals surface area contributed by atoms with Crippen molar-refractivity contribution in [1.82, 2.24) is 10.2 Å². The van der Waals surface area contributed by atoms with Gasteiger partial charge in [-0.1, -0.05) is 41.3 Å². The molecule has 1 amide bonds. The predicted octanol–water partition coefficient (Wildman–Crippen LogP) is 3.63. The first kappa shape index (κ1) is 17.5. The van der Waals surface area contributed by atoms with Gasteiger partial charge in [-0.3, -0.25) is 4.79 Å². The highest BCUT2D eigenvalue weighted by molar-refractivity contribution is 8.02. The summed E-state index contributed by atoms with van der Waals surface area (Å²) in [6, 6.07) is 8.97. The number of carbonyl (C=O) groups is 1. The molecule has 124 valence electrons. The van der Waals surface area contributed by atoms with Gasteiger partial charge in [0.2, 0.25) is 11.0 Å². The van der Waals surface area contributed by atoms with Gasteiger partial charge in [0, 0.05) is 5.69 Å². The summed E-state index contributed by atoms with van der Waals surface area (Å²) in [7, 11) is 0. The molecule has 0 aliphatic rings. The zero-order valence-corrected chi connectivity index (χ0v) is 13.6. The Morgan fingerprint density at radius 2 is 2.00 bits per heavy atom. The van der Waals surface area contributed by atoms with Gasteiger partial charge in [0.25, 0.3) is 0 Å². The number of benzene rings is 1. The third-order valence-electron chi connectivity index (χ3n) is 2.53. The summed E-state index contributed by atoms with van der Waals surface area (Å²) >= 11 is 2.11. The second kappa shape index (κ2) is 7.64.